The molecule has 0 amide bonds. The van der Waals surface area contributed by atoms with Crippen molar-refractivity contribution in [2.75, 3.05) is 13.2 Å². The smallest absolute Gasteiger partial charge is 0.337 e. The van der Waals surface area contributed by atoms with Crippen LogP contribution >= 0.6 is 0 Å². The van der Waals surface area contributed by atoms with Crippen LogP contribution < -0.4 is 0 Å². The minimum absolute atomic E-state index is 0.239. The average molecular weight is 214 g/mol. The van der Waals surface area contributed by atoms with Gasteiger partial charge in [-0.2, -0.15) is 0 Å². The molecule has 0 rings (SSSR count). The number of hydrogen-bond donors (Lipinski definition) is 0. The van der Waals surface area contributed by atoms with Crippen LogP contribution in [0.4, 0.5) is 0 Å². The third kappa shape index (κ3) is 5.45. The summed E-state index contributed by atoms with van der Waals surface area (Å²) in [7, 11) is 0. The van der Waals surface area contributed by atoms with E-state index in [0.29, 0.717) is 24.5 Å². The number of hydrogen-bond acceptors (Lipinski definition) is 3. The van der Waals surface area contributed by atoms with Gasteiger partial charge in [-0.3, -0.25) is 0 Å². The van der Waals surface area contributed by atoms with E-state index in [1.54, 1.807) is 0 Å². The van der Waals surface area contributed by atoms with Gasteiger partial charge in [0.25, 0.3) is 0 Å². The van der Waals surface area contributed by atoms with Crippen molar-refractivity contribution < 1.29 is 14.3 Å². The lowest BCUT2D eigenvalue weighted by Crippen LogP contribution is -2.11. The largest absolute Gasteiger partial charge is 0.498 e. The van der Waals surface area contributed by atoms with Gasteiger partial charge in [-0.1, -0.05) is 13.3 Å². The van der Waals surface area contributed by atoms with E-state index in [9.17, 15) is 4.79 Å². The second-order valence-corrected chi connectivity index (χ2v) is 3.29. The van der Waals surface area contributed by atoms with Crippen molar-refractivity contribution in [3.05, 3.63) is 11.3 Å². The maximum absolute atomic E-state index is 11.6. The highest BCUT2D eigenvalue weighted by atomic mass is 16.5. The van der Waals surface area contributed by atoms with Crippen molar-refractivity contribution in [2.24, 2.45) is 0 Å². The maximum Gasteiger partial charge on any atom is 0.337 e. The van der Waals surface area contributed by atoms with Crippen LogP contribution in [0, 0.1) is 0 Å². The summed E-state index contributed by atoms with van der Waals surface area (Å²) in [6, 6.07) is 0. The van der Waals surface area contributed by atoms with E-state index in [1.807, 2.05) is 20.8 Å². The molecule has 0 radical (unpaired) electrons. The monoisotopic (exact) mass is 214 g/mol. The summed E-state index contributed by atoms with van der Waals surface area (Å²) in [5.74, 6) is 0.460. The molecule has 3 nitrogen and oxygen atoms in total. The lowest BCUT2D eigenvalue weighted by molar-refractivity contribution is -0.139. The number of esters is 1. The van der Waals surface area contributed by atoms with E-state index in [1.165, 1.54) is 0 Å². The van der Waals surface area contributed by atoms with Crippen LogP contribution in [0.3, 0.4) is 0 Å². The normalized spacial score (nSPS) is 12.0. The van der Waals surface area contributed by atoms with Gasteiger partial charge in [-0.05, 0) is 33.6 Å². The zero-order valence-electron chi connectivity index (χ0n) is 10.3. The Labute approximate surface area is 92.5 Å². The molecule has 15 heavy (non-hydrogen) atoms. The van der Waals surface area contributed by atoms with Crippen molar-refractivity contribution in [1.29, 1.82) is 0 Å². The van der Waals surface area contributed by atoms with Crippen LogP contribution in [0.25, 0.3) is 0 Å². The van der Waals surface area contributed by atoms with Crippen LogP contribution in [0.1, 0.15) is 47.0 Å². The van der Waals surface area contributed by atoms with Crippen molar-refractivity contribution >= 4 is 5.97 Å². The predicted molar refractivity (Wildman–Crippen MR) is 60.5 cm³/mol. The van der Waals surface area contributed by atoms with Gasteiger partial charge in [0.05, 0.1) is 18.8 Å². The lowest BCUT2D eigenvalue weighted by atomic mass is 10.1. The Kier molecular flexibility index (Phi) is 7.78. The fourth-order valence-corrected chi connectivity index (χ4v) is 1.30. The van der Waals surface area contributed by atoms with Crippen molar-refractivity contribution in [1.82, 2.24) is 0 Å². The van der Waals surface area contributed by atoms with E-state index in [0.717, 1.165) is 19.3 Å². The van der Waals surface area contributed by atoms with Gasteiger partial charge < -0.3 is 9.47 Å². The van der Waals surface area contributed by atoms with Crippen LogP contribution in [0.15, 0.2) is 11.3 Å². The molecule has 0 saturated carbocycles. The number of carbonyl (C=O) groups excluding carboxylic acids is 1. The van der Waals surface area contributed by atoms with Gasteiger partial charge in [0.15, 0.2) is 0 Å². The fraction of sp³-hybridized carbons (Fsp3) is 0.750. The molecule has 3 heteroatoms. The molecule has 0 spiro atoms. The van der Waals surface area contributed by atoms with Crippen molar-refractivity contribution in [3.8, 4) is 0 Å². The highest BCUT2D eigenvalue weighted by Gasteiger charge is 2.14. The van der Waals surface area contributed by atoms with E-state index in [-0.39, 0.29) is 5.97 Å². The molecular formula is C12H22O3. The first-order valence-electron chi connectivity index (χ1n) is 5.66. The Morgan fingerprint density at radius 2 is 1.67 bits per heavy atom. The summed E-state index contributed by atoms with van der Waals surface area (Å²) in [5, 5.41) is 0. The Morgan fingerprint density at radius 3 is 2.13 bits per heavy atom. The molecule has 0 unspecified atom stereocenters. The molecule has 0 N–H and O–H groups in total. The Balaban J connectivity index is 4.54. The first kappa shape index (κ1) is 14.0. The summed E-state index contributed by atoms with van der Waals surface area (Å²) < 4.78 is 10.3. The first-order valence-corrected chi connectivity index (χ1v) is 5.66. The molecule has 0 atom stereocenters. The van der Waals surface area contributed by atoms with Crippen LogP contribution in [0.2, 0.25) is 0 Å². The second-order valence-electron chi connectivity index (χ2n) is 3.29. The number of rotatable bonds is 7. The molecule has 0 heterocycles. The molecule has 0 aliphatic rings. The summed E-state index contributed by atoms with van der Waals surface area (Å²) in [5.41, 5.74) is 0.681. The summed E-state index contributed by atoms with van der Waals surface area (Å²) in [6.07, 6.45) is 2.78. The van der Waals surface area contributed by atoms with E-state index >= 15 is 0 Å². The van der Waals surface area contributed by atoms with Crippen molar-refractivity contribution in [2.45, 2.75) is 47.0 Å². The Hall–Kier alpha value is -0.990. The van der Waals surface area contributed by atoms with Gasteiger partial charge in [0, 0.05) is 0 Å². The Morgan fingerprint density at radius 1 is 1.07 bits per heavy atom. The van der Waals surface area contributed by atoms with Crippen LogP contribution in [-0.2, 0) is 14.3 Å². The summed E-state index contributed by atoms with van der Waals surface area (Å²) >= 11 is 0. The van der Waals surface area contributed by atoms with Gasteiger partial charge in [0.1, 0.15) is 5.76 Å². The van der Waals surface area contributed by atoms with Gasteiger partial charge in [-0.25, -0.2) is 4.79 Å². The molecule has 0 aromatic rings. The third-order valence-electron chi connectivity index (χ3n) is 2.09. The van der Waals surface area contributed by atoms with Gasteiger partial charge in [-0.15, -0.1) is 0 Å². The number of carbonyl (C=O) groups is 1. The summed E-state index contributed by atoms with van der Waals surface area (Å²) in [6.45, 7) is 8.64. The van der Waals surface area contributed by atoms with E-state index < -0.39 is 0 Å². The minimum Gasteiger partial charge on any atom is -0.498 e. The molecular weight excluding hydrogens is 192 g/mol. The zero-order valence-corrected chi connectivity index (χ0v) is 10.3. The Bertz CT molecular complexity index is 219. The molecule has 0 aromatic heterocycles. The molecule has 0 aliphatic heterocycles. The topological polar surface area (TPSA) is 35.5 Å². The fourth-order valence-electron chi connectivity index (χ4n) is 1.30. The van der Waals surface area contributed by atoms with Crippen LogP contribution in [-0.4, -0.2) is 19.2 Å². The number of unbranched alkanes of at least 4 members (excludes halogenated alkanes) is 1. The standard InChI is InChI=1S/C12H22O3/c1-5-8-9-11(10(4)14-6-2)12(13)15-7-3/h5-9H2,1-4H3/b11-10-. The maximum atomic E-state index is 11.6. The molecule has 0 aromatic carbocycles. The van der Waals surface area contributed by atoms with Gasteiger partial charge in [0.2, 0.25) is 0 Å². The zero-order chi connectivity index (χ0) is 11.7. The van der Waals surface area contributed by atoms with E-state index in [2.05, 4.69) is 6.92 Å². The highest BCUT2D eigenvalue weighted by molar-refractivity contribution is 5.88. The molecule has 88 valence electrons. The molecule has 0 saturated heterocycles. The highest BCUT2D eigenvalue weighted by Crippen LogP contribution is 2.15. The lowest BCUT2D eigenvalue weighted by Gasteiger charge is -2.11. The SMILES string of the molecule is CCCC/C(C(=O)OCC)=C(\C)OCC. The molecule has 0 bridgehead atoms. The quantitative estimate of drug-likeness (QED) is 0.371. The third-order valence-corrected chi connectivity index (χ3v) is 2.09. The average Bonchev–Trinajstić information content (AvgIpc) is 2.19. The van der Waals surface area contributed by atoms with Crippen molar-refractivity contribution in [3.63, 3.8) is 0 Å². The van der Waals surface area contributed by atoms with E-state index in [4.69, 9.17) is 9.47 Å². The minimum atomic E-state index is -0.239. The predicted octanol–water partition coefficient (Wildman–Crippen LogP) is 3.05. The number of ether oxygens (including phenoxy) is 2. The summed E-state index contributed by atoms with van der Waals surface area (Å²) in [4.78, 5) is 11.6. The second kappa shape index (κ2) is 8.33. The number of allylic oxidation sites excluding steroid dienone is 1. The molecule has 0 fully saturated rings. The van der Waals surface area contributed by atoms with Crippen LogP contribution in [0.5, 0.6) is 0 Å². The molecule has 0 aliphatic carbocycles. The first-order chi connectivity index (χ1) is 7.17. The van der Waals surface area contributed by atoms with Gasteiger partial charge >= 0.3 is 5.97 Å².